The summed E-state index contributed by atoms with van der Waals surface area (Å²) in [6.07, 6.45) is 0. The minimum absolute atomic E-state index is 0.297. The minimum Gasteiger partial charge on any atom is -0.462 e. The SMILES string of the molecule is CCOC(=O)c1sc(-c2ccc(-c3ccccc3)cc2)nc1C. The Hall–Kier alpha value is -2.46. The predicted octanol–water partition coefficient (Wildman–Crippen LogP) is 4.96. The summed E-state index contributed by atoms with van der Waals surface area (Å²) >= 11 is 1.38. The van der Waals surface area contributed by atoms with Crippen molar-refractivity contribution in [3.63, 3.8) is 0 Å². The Balaban J connectivity index is 1.88. The fourth-order valence-corrected chi connectivity index (χ4v) is 3.31. The maximum absolute atomic E-state index is 11.9. The number of esters is 1. The molecule has 3 nitrogen and oxygen atoms in total. The van der Waals surface area contributed by atoms with Crippen LogP contribution >= 0.6 is 11.3 Å². The Morgan fingerprint density at radius 2 is 1.61 bits per heavy atom. The summed E-state index contributed by atoms with van der Waals surface area (Å²) in [6.45, 7) is 4.01. The van der Waals surface area contributed by atoms with E-state index in [0.29, 0.717) is 11.5 Å². The molecule has 0 atom stereocenters. The van der Waals surface area contributed by atoms with E-state index < -0.39 is 0 Å². The number of thiazole rings is 1. The minimum atomic E-state index is -0.297. The van der Waals surface area contributed by atoms with Crippen LogP contribution in [-0.2, 0) is 4.74 Å². The molecule has 1 heterocycles. The molecule has 23 heavy (non-hydrogen) atoms. The number of aromatic nitrogens is 1. The smallest absolute Gasteiger partial charge is 0.350 e. The molecule has 2 aromatic carbocycles. The van der Waals surface area contributed by atoms with Gasteiger partial charge in [0.05, 0.1) is 12.3 Å². The second-order valence-electron chi connectivity index (χ2n) is 5.10. The highest BCUT2D eigenvalue weighted by atomic mass is 32.1. The molecule has 0 N–H and O–H groups in total. The van der Waals surface area contributed by atoms with Crippen molar-refractivity contribution in [2.75, 3.05) is 6.61 Å². The first-order valence-electron chi connectivity index (χ1n) is 7.49. The molecule has 0 bridgehead atoms. The van der Waals surface area contributed by atoms with Gasteiger partial charge in [-0.3, -0.25) is 0 Å². The highest BCUT2D eigenvalue weighted by molar-refractivity contribution is 7.17. The van der Waals surface area contributed by atoms with E-state index in [1.807, 2.05) is 37.3 Å². The van der Waals surface area contributed by atoms with Gasteiger partial charge >= 0.3 is 5.97 Å². The molecule has 0 saturated carbocycles. The molecule has 0 aliphatic heterocycles. The van der Waals surface area contributed by atoms with E-state index in [2.05, 4.69) is 29.2 Å². The third kappa shape index (κ3) is 3.32. The zero-order chi connectivity index (χ0) is 16.2. The average Bonchev–Trinajstić information content (AvgIpc) is 2.98. The lowest BCUT2D eigenvalue weighted by Crippen LogP contribution is -2.03. The van der Waals surface area contributed by atoms with Gasteiger partial charge in [0.2, 0.25) is 0 Å². The zero-order valence-corrected chi connectivity index (χ0v) is 13.9. The van der Waals surface area contributed by atoms with E-state index >= 15 is 0 Å². The van der Waals surface area contributed by atoms with Crippen molar-refractivity contribution in [3.8, 4) is 21.7 Å². The second kappa shape index (κ2) is 6.75. The van der Waals surface area contributed by atoms with Crippen molar-refractivity contribution in [1.82, 2.24) is 4.98 Å². The summed E-state index contributed by atoms with van der Waals surface area (Å²) in [5, 5.41) is 0.838. The first-order valence-corrected chi connectivity index (χ1v) is 8.31. The van der Waals surface area contributed by atoms with Crippen LogP contribution < -0.4 is 0 Å². The fourth-order valence-electron chi connectivity index (χ4n) is 2.34. The summed E-state index contributed by atoms with van der Waals surface area (Å²) in [5.41, 5.74) is 4.07. The topological polar surface area (TPSA) is 39.2 Å². The summed E-state index contributed by atoms with van der Waals surface area (Å²) in [7, 11) is 0. The van der Waals surface area contributed by atoms with Crippen LogP contribution in [0.5, 0.6) is 0 Å². The largest absolute Gasteiger partial charge is 0.462 e. The normalized spacial score (nSPS) is 10.5. The molecular weight excluding hydrogens is 306 g/mol. The van der Waals surface area contributed by atoms with Gasteiger partial charge in [0.1, 0.15) is 9.88 Å². The van der Waals surface area contributed by atoms with Crippen LogP contribution in [0.1, 0.15) is 22.3 Å². The maximum Gasteiger partial charge on any atom is 0.350 e. The van der Waals surface area contributed by atoms with Crippen LogP contribution in [0.25, 0.3) is 21.7 Å². The van der Waals surface area contributed by atoms with E-state index in [4.69, 9.17) is 4.74 Å². The van der Waals surface area contributed by atoms with E-state index in [1.54, 1.807) is 6.92 Å². The van der Waals surface area contributed by atoms with E-state index in [1.165, 1.54) is 16.9 Å². The van der Waals surface area contributed by atoms with Crippen molar-refractivity contribution in [1.29, 1.82) is 0 Å². The first kappa shape index (κ1) is 15.4. The van der Waals surface area contributed by atoms with Crippen molar-refractivity contribution in [2.24, 2.45) is 0 Å². The van der Waals surface area contributed by atoms with E-state index in [0.717, 1.165) is 21.8 Å². The maximum atomic E-state index is 11.9. The van der Waals surface area contributed by atoms with Crippen LogP contribution in [0.15, 0.2) is 54.6 Å². The number of rotatable bonds is 4. The Morgan fingerprint density at radius 1 is 1.00 bits per heavy atom. The van der Waals surface area contributed by atoms with Crippen molar-refractivity contribution in [3.05, 3.63) is 65.2 Å². The number of aryl methyl sites for hydroxylation is 1. The molecule has 116 valence electrons. The molecule has 4 heteroatoms. The van der Waals surface area contributed by atoms with Crippen LogP contribution in [0, 0.1) is 6.92 Å². The van der Waals surface area contributed by atoms with Gasteiger partial charge in [-0.1, -0.05) is 54.6 Å². The Labute approximate surface area is 139 Å². The monoisotopic (exact) mass is 323 g/mol. The molecule has 0 amide bonds. The quantitative estimate of drug-likeness (QED) is 0.637. The highest BCUT2D eigenvalue weighted by Gasteiger charge is 2.17. The third-order valence-corrected chi connectivity index (χ3v) is 4.68. The number of carbonyl (C=O) groups is 1. The third-order valence-electron chi connectivity index (χ3n) is 3.50. The van der Waals surface area contributed by atoms with Gasteiger partial charge in [-0.05, 0) is 25.0 Å². The van der Waals surface area contributed by atoms with Gasteiger partial charge in [0.25, 0.3) is 0 Å². The molecule has 0 aliphatic rings. The van der Waals surface area contributed by atoms with Gasteiger partial charge in [0, 0.05) is 5.56 Å². The number of nitrogens with zero attached hydrogens (tertiary/aromatic N) is 1. The lowest BCUT2D eigenvalue weighted by atomic mass is 10.0. The zero-order valence-electron chi connectivity index (χ0n) is 13.1. The van der Waals surface area contributed by atoms with Gasteiger partial charge in [0.15, 0.2) is 0 Å². The molecular formula is C19H17NO2S. The summed E-state index contributed by atoms with van der Waals surface area (Å²) in [5.74, 6) is -0.297. The van der Waals surface area contributed by atoms with Crippen molar-refractivity contribution >= 4 is 17.3 Å². The molecule has 0 spiro atoms. The predicted molar refractivity (Wildman–Crippen MR) is 93.7 cm³/mol. The average molecular weight is 323 g/mol. The Bertz CT molecular complexity index is 807. The Morgan fingerprint density at radius 3 is 2.26 bits per heavy atom. The lowest BCUT2D eigenvalue weighted by molar-refractivity contribution is 0.0531. The van der Waals surface area contributed by atoms with Crippen LogP contribution in [0.2, 0.25) is 0 Å². The van der Waals surface area contributed by atoms with Crippen LogP contribution in [0.3, 0.4) is 0 Å². The first-order chi connectivity index (χ1) is 11.2. The molecule has 0 radical (unpaired) electrons. The van der Waals surface area contributed by atoms with E-state index in [-0.39, 0.29) is 5.97 Å². The number of hydrogen-bond donors (Lipinski definition) is 0. The number of ether oxygens (including phenoxy) is 1. The van der Waals surface area contributed by atoms with Crippen LogP contribution in [-0.4, -0.2) is 17.6 Å². The number of benzene rings is 2. The highest BCUT2D eigenvalue weighted by Crippen LogP contribution is 2.30. The molecule has 3 rings (SSSR count). The molecule has 1 aromatic heterocycles. The van der Waals surface area contributed by atoms with Gasteiger partial charge in [-0.15, -0.1) is 11.3 Å². The number of carbonyl (C=O) groups excluding carboxylic acids is 1. The lowest BCUT2D eigenvalue weighted by Gasteiger charge is -2.02. The summed E-state index contributed by atoms with van der Waals surface area (Å²) in [6, 6.07) is 18.5. The van der Waals surface area contributed by atoms with Gasteiger partial charge in [-0.2, -0.15) is 0 Å². The summed E-state index contributed by atoms with van der Waals surface area (Å²) in [4.78, 5) is 17.0. The number of hydrogen-bond acceptors (Lipinski definition) is 4. The van der Waals surface area contributed by atoms with Gasteiger partial charge in [-0.25, -0.2) is 9.78 Å². The summed E-state index contributed by atoms with van der Waals surface area (Å²) < 4.78 is 5.07. The molecule has 3 aromatic rings. The van der Waals surface area contributed by atoms with Crippen molar-refractivity contribution < 1.29 is 9.53 Å². The van der Waals surface area contributed by atoms with Crippen LogP contribution in [0.4, 0.5) is 0 Å². The fraction of sp³-hybridized carbons (Fsp3) is 0.158. The van der Waals surface area contributed by atoms with E-state index in [9.17, 15) is 4.79 Å². The molecule has 0 saturated heterocycles. The molecule has 0 fully saturated rings. The van der Waals surface area contributed by atoms with Gasteiger partial charge < -0.3 is 4.74 Å². The molecule has 0 unspecified atom stereocenters. The standard InChI is InChI=1S/C19H17NO2S/c1-3-22-19(21)17-13(2)20-18(23-17)16-11-9-15(10-12-16)14-7-5-4-6-8-14/h4-12H,3H2,1-2H3. The Kier molecular flexibility index (Phi) is 4.53. The van der Waals surface area contributed by atoms with Crippen molar-refractivity contribution in [2.45, 2.75) is 13.8 Å². The molecule has 0 aliphatic carbocycles. The second-order valence-corrected chi connectivity index (χ2v) is 6.10.